The van der Waals surface area contributed by atoms with E-state index in [0.29, 0.717) is 50.2 Å². The summed E-state index contributed by atoms with van der Waals surface area (Å²) in [5.41, 5.74) is 0.923. The zero-order valence-corrected chi connectivity index (χ0v) is 17.9. The summed E-state index contributed by atoms with van der Waals surface area (Å²) in [5, 5.41) is 0. The fourth-order valence-electron chi connectivity index (χ4n) is 3.52. The Kier molecular flexibility index (Phi) is 6.74. The number of benzene rings is 1. The van der Waals surface area contributed by atoms with Gasteiger partial charge in [-0.2, -0.15) is 0 Å². The molecule has 166 valence electrons. The first kappa shape index (κ1) is 21.5. The predicted molar refractivity (Wildman–Crippen MR) is 117 cm³/mol. The molecule has 2 aromatic heterocycles. The number of hydrogen-bond donors (Lipinski definition) is 0. The predicted octanol–water partition coefficient (Wildman–Crippen LogP) is 2.34. The Hall–Kier alpha value is -3.75. The van der Waals surface area contributed by atoms with E-state index in [9.17, 15) is 9.59 Å². The quantitative estimate of drug-likeness (QED) is 0.521. The third kappa shape index (κ3) is 5.29. The van der Waals surface area contributed by atoms with Gasteiger partial charge in [-0.05, 0) is 13.0 Å². The number of carbonyl (C=O) groups excluding carboxylic acids is 2. The molecule has 1 fully saturated rings. The van der Waals surface area contributed by atoms with Crippen molar-refractivity contribution < 1.29 is 18.7 Å². The van der Waals surface area contributed by atoms with Crippen molar-refractivity contribution in [3.8, 4) is 11.3 Å². The zero-order chi connectivity index (χ0) is 22.3. The number of hydrogen-bond acceptors (Lipinski definition) is 8. The largest absolute Gasteiger partial charge is 0.453 e. The summed E-state index contributed by atoms with van der Waals surface area (Å²) < 4.78 is 11.1. The van der Waals surface area contributed by atoms with Gasteiger partial charge in [0, 0.05) is 50.6 Å². The molecule has 0 N–H and O–H groups in total. The second-order valence-electron chi connectivity index (χ2n) is 7.48. The normalized spacial score (nSPS) is 14.8. The summed E-state index contributed by atoms with van der Waals surface area (Å²) in [6, 6.07) is 11.4. The Labute approximate surface area is 186 Å². The first-order valence-electron chi connectivity index (χ1n) is 10.6. The highest BCUT2D eigenvalue weighted by Gasteiger charge is 2.28. The highest BCUT2D eigenvalue weighted by atomic mass is 16.5. The number of rotatable bonds is 7. The highest BCUT2D eigenvalue weighted by molar-refractivity contribution is 5.83. The molecule has 1 atom stereocenters. The van der Waals surface area contributed by atoms with Gasteiger partial charge in [0.05, 0.1) is 12.6 Å². The number of nitrogens with zero attached hydrogens (tertiary/aromatic N) is 5. The molecule has 0 bridgehead atoms. The number of anilines is 1. The maximum Gasteiger partial charge on any atom is 0.307 e. The van der Waals surface area contributed by atoms with Crippen LogP contribution in [-0.4, -0.2) is 64.0 Å². The van der Waals surface area contributed by atoms with Crippen molar-refractivity contribution in [3.63, 3.8) is 0 Å². The van der Waals surface area contributed by atoms with Crippen molar-refractivity contribution in [2.24, 2.45) is 0 Å². The minimum atomic E-state index is -0.841. The summed E-state index contributed by atoms with van der Waals surface area (Å²) in [6.07, 6.45) is 4.59. The lowest BCUT2D eigenvalue weighted by molar-refractivity contribution is -0.159. The summed E-state index contributed by atoms with van der Waals surface area (Å²) in [5.74, 6) is 1.11. The number of amides is 1. The van der Waals surface area contributed by atoms with Crippen LogP contribution >= 0.6 is 0 Å². The van der Waals surface area contributed by atoms with Gasteiger partial charge in [-0.15, -0.1) is 0 Å². The molecular formula is C23H25N5O4. The van der Waals surface area contributed by atoms with E-state index < -0.39 is 12.1 Å². The monoisotopic (exact) mass is 435 g/mol. The molecule has 0 saturated carbocycles. The van der Waals surface area contributed by atoms with Crippen molar-refractivity contribution in [2.45, 2.75) is 25.9 Å². The Morgan fingerprint density at radius 3 is 2.47 bits per heavy atom. The number of ether oxygens (including phenoxy) is 1. The summed E-state index contributed by atoms with van der Waals surface area (Å²) >= 11 is 0. The molecule has 0 spiro atoms. The van der Waals surface area contributed by atoms with Gasteiger partial charge in [0.1, 0.15) is 0 Å². The lowest BCUT2D eigenvalue weighted by Gasteiger charge is -2.35. The van der Waals surface area contributed by atoms with Gasteiger partial charge < -0.3 is 19.0 Å². The molecule has 1 aliphatic heterocycles. The molecule has 1 aromatic carbocycles. The molecule has 4 rings (SSSR count). The van der Waals surface area contributed by atoms with Gasteiger partial charge in [-0.1, -0.05) is 30.3 Å². The molecule has 0 radical (unpaired) electrons. The van der Waals surface area contributed by atoms with Gasteiger partial charge in [0.2, 0.25) is 5.95 Å². The lowest BCUT2D eigenvalue weighted by atomic mass is 10.2. The van der Waals surface area contributed by atoms with Crippen molar-refractivity contribution in [1.29, 1.82) is 0 Å². The molecule has 1 unspecified atom stereocenters. The van der Waals surface area contributed by atoms with Gasteiger partial charge in [0.25, 0.3) is 5.91 Å². The second kappa shape index (κ2) is 10.0. The van der Waals surface area contributed by atoms with Crippen molar-refractivity contribution in [3.05, 3.63) is 60.9 Å². The highest BCUT2D eigenvalue weighted by Crippen LogP contribution is 2.20. The van der Waals surface area contributed by atoms with Crippen LogP contribution in [-0.2, 0) is 20.7 Å². The third-order valence-corrected chi connectivity index (χ3v) is 5.24. The van der Waals surface area contributed by atoms with E-state index in [-0.39, 0.29) is 12.3 Å². The van der Waals surface area contributed by atoms with E-state index in [1.807, 2.05) is 35.2 Å². The van der Waals surface area contributed by atoms with Crippen LogP contribution in [0.4, 0.5) is 5.95 Å². The molecule has 3 aromatic rings. The average Bonchev–Trinajstić information content (AvgIpc) is 3.33. The third-order valence-electron chi connectivity index (χ3n) is 5.24. The Balaban J connectivity index is 1.22. The van der Waals surface area contributed by atoms with Crippen LogP contribution in [0.1, 0.15) is 19.2 Å². The summed E-state index contributed by atoms with van der Waals surface area (Å²) in [7, 11) is 0. The van der Waals surface area contributed by atoms with Crippen LogP contribution in [0.3, 0.4) is 0 Å². The molecule has 9 heteroatoms. The van der Waals surface area contributed by atoms with Crippen LogP contribution in [0.5, 0.6) is 0 Å². The van der Waals surface area contributed by atoms with E-state index in [1.165, 1.54) is 0 Å². The molecular weight excluding hydrogens is 410 g/mol. The van der Waals surface area contributed by atoms with Crippen LogP contribution in [0, 0.1) is 0 Å². The van der Waals surface area contributed by atoms with E-state index in [0.717, 1.165) is 5.56 Å². The molecule has 9 nitrogen and oxygen atoms in total. The second-order valence-corrected chi connectivity index (χ2v) is 7.48. The van der Waals surface area contributed by atoms with Gasteiger partial charge in [0.15, 0.2) is 17.8 Å². The van der Waals surface area contributed by atoms with Crippen LogP contribution in [0.15, 0.2) is 59.4 Å². The Bertz CT molecular complexity index is 1030. The molecule has 32 heavy (non-hydrogen) atoms. The van der Waals surface area contributed by atoms with E-state index in [4.69, 9.17) is 9.15 Å². The number of oxazole rings is 1. The number of aromatic nitrogens is 3. The van der Waals surface area contributed by atoms with Gasteiger partial charge >= 0.3 is 5.97 Å². The molecule has 3 heterocycles. The Morgan fingerprint density at radius 1 is 1.03 bits per heavy atom. The number of piperazine rings is 1. The van der Waals surface area contributed by atoms with Crippen LogP contribution < -0.4 is 4.90 Å². The smallest absolute Gasteiger partial charge is 0.307 e. The lowest BCUT2D eigenvalue weighted by Crippen LogP contribution is -2.52. The fraction of sp³-hybridized carbons (Fsp3) is 0.348. The van der Waals surface area contributed by atoms with Gasteiger partial charge in [-0.3, -0.25) is 9.59 Å². The van der Waals surface area contributed by atoms with Crippen molar-refractivity contribution in [1.82, 2.24) is 19.9 Å². The molecule has 1 saturated heterocycles. The molecule has 1 aliphatic rings. The Morgan fingerprint density at radius 2 is 1.75 bits per heavy atom. The first-order chi connectivity index (χ1) is 15.6. The fourth-order valence-corrected chi connectivity index (χ4v) is 3.52. The van der Waals surface area contributed by atoms with Crippen LogP contribution in [0.2, 0.25) is 0 Å². The van der Waals surface area contributed by atoms with Gasteiger partial charge in [-0.25, -0.2) is 15.0 Å². The minimum Gasteiger partial charge on any atom is -0.453 e. The van der Waals surface area contributed by atoms with Crippen molar-refractivity contribution in [2.75, 3.05) is 31.1 Å². The number of aryl methyl sites for hydroxylation is 1. The SMILES string of the molecule is CC(OC(=O)CCc1ncc(-c2ccccc2)o1)C(=O)N1CCN(c2ncccn2)CC1. The average molecular weight is 435 g/mol. The maximum atomic E-state index is 12.7. The zero-order valence-electron chi connectivity index (χ0n) is 17.9. The van der Waals surface area contributed by atoms with Crippen LogP contribution in [0.25, 0.3) is 11.3 Å². The summed E-state index contributed by atoms with van der Waals surface area (Å²) in [6.45, 7) is 3.91. The topological polar surface area (TPSA) is 102 Å². The van der Waals surface area contributed by atoms with E-state index in [2.05, 4.69) is 15.0 Å². The van der Waals surface area contributed by atoms with Crippen molar-refractivity contribution >= 4 is 17.8 Å². The number of carbonyl (C=O) groups is 2. The molecule has 1 amide bonds. The van der Waals surface area contributed by atoms with E-state index in [1.54, 1.807) is 36.5 Å². The number of esters is 1. The van der Waals surface area contributed by atoms with E-state index >= 15 is 0 Å². The summed E-state index contributed by atoms with van der Waals surface area (Å²) in [4.78, 5) is 41.4. The minimum absolute atomic E-state index is 0.0888. The maximum absolute atomic E-state index is 12.7. The first-order valence-corrected chi connectivity index (χ1v) is 10.6. The molecule has 0 aliphatic carbocycles. The standard InChI is InChI=1S/C23H25N5O4/c1-17(22(30)27-12-14-28(15-13-27)23-24-10-5-11-25-23)31-21(29)9-8-20-26-16-19(32-20)18-6-3-2-4-7-18/h2-7,10-11,16-17H,8-9,12-15H2,1H3.